The predicted octanol–water partition coefficient (Wildman–Crippen LogP) is 1.37. The molecule has 0 aromatic carbocycles. The summed E-state index contributed by atoms with van der Waals surface area (Å²) < 4.78 is 0. The van der Waals surface area contributed by atoms with Gasteiger partial charge in [-0.25, -0.2) is 5.43 Å². The van der Waals surface area contributed by atoms with Crippen LogP contribution in [0.5, 0.6) is 0 Å². The van der Waals surface area contributed by atoms with Gasteiger partial charge in [-0.3, -0.25) is 20.0 Å². The van der Waals surface area contributed by atoms with Crippen LogP contribution in [0.4, 0.5) is 0 Å². The SMILES string of the molecule is O=C(NC1CCCC1)C1CC(C2CCCCN2C(=O)c2ccncc2)NN1. The van der Waals surface area contributed by atoms with Crippen LogP contribution in [0.25, 0.3) is 0 Å². The van der Waals surface area contributed by atoms with Crippen molar-refractivity contribution in [1.82, 2.24) is 26.1 Å². The second kappa shape index (κ2) is 8.35. The van der Waals surface area contributed by atoms with Crippen molar-refractivity contribution >= 4 is 11.8 Å². The number of amides is 2. The Morgan fingerprint density at radius 1 is 1.04 bits per heavy atom. The molecule has 0 spiro atoms. The summed E-state index contributed by atoms with van der Waals surface area (Å²) in [7, 11) is 0. The summed E-state index contributed by atoms with van der Waals surface area (Å²) in [5.74, 6) is 0.141. The number of aromatic nitrogens is 1. The lowest BCUT2D eigenvalue weighted by Crippen LogP contribution is -2.53. The molecule has 1 aromatic heterocycles. The van der Waals surface area contributed by atoms with Gasteiger partial charge in [-0.1, -0.05) is 12.8 Å². The second-order valence-electron chi connectivity index (χ2n) is 7.97. The number of pyridine rings is 1. The summed E-state index contributed by atoms with van der Waals surface area (Å²) >= 11 is 0. The van der Waals surface area contributed by atoms with Crippen molar-refractivity contribution in [2.45, 2.75) is 75.5 Å². The molecular weight excluding hydrogens is 342 g/mol. The molecule has 2 saturated heterocycles. The molecule has 3 unspecified atom stereocenters. The van der Waals surface area contributed by atoms with Gasteiger partial charge in [-0.05, 0) is 50.7 Å². The number of likely N-dealkylation sites (tertiary alicyclic amines) is 1. The highest BCUT2D eigenvalue weighted by atomic mass is 16.2. The Bertz CT molecular complexity index is 662. The highest BCUT2D eigenvalue weighted by Gasteiger charge is 2.39. The maximum Gasteiger partial charge on any atom is 0.254 e. The van der Waals surface area contributed by atoms with Crippen molar-refractivity contribution in [2.75, 3.05) is 6.54 Å². The third-order valence-corrected chi connectivity index (χ3v) is 6.15. The molecule has 2 amide bonds. The van der Waals surface area contributed by atoms with E-state index >= 15 is 0 Å². The number of rotatable bonds is 4. The first-order chi connectivity index (χ1) is 13.2. The summed E-state index contributed by atoms with van der Waals surface area (Å²) in [5.41, 5.74) is 7.15. The van der Waals surface area contributed by atoms with Crippen LogP contribution in [0.1, 0.15) is 61.7 Å². The van der Waals surface area contributed by atoms with Crippen LogP contribution in [-0.2, 0) is 4.79 Å². The summed E-state index contributed by atoms with van der Waals surface area (Å²) in [6.07, 6.45) is 11.7. The molecular formula is C20H29N5O2. The minimum Gasteiger partial charge on any atom is -0.352 e. The van der Waals surface area contributed by atoms with E-state index in [1.165, 1.54) is 12.8 Å². The van der Waals surface area contributed by atoms with E-state index in [-0.39, 0.29) is 29.9 Å². The Labute approximate surface area is 160 Å². The Hall–Kier alpha value is -1.99. The van der Waals surface area contributed by atoms with E-state index in [1.807, 2.05) is 4.90 Å². The lowest BCUT2D eigenvalue weighted by molar-refractivity contribution is -0.123. The number of carbonyl (C=O) groups is 2. The van der Waals surface area contributed by atoms with Crippen molar-refractivity contribution in [1.29, 1.82) is 0 Å². The molecule has 1 aliphatic carbocycles. The quantitative estimate of drug-likeness (QED) is 0.744. The molecule has 0 bridgehead atoms. The van der Waals surface area contributed by atoms with E-state index in [9.17, 15) is 9.59 Å². The molecule has 0 radical (unpaired) electrons. The predicted molar refractivity (Wildman–Crippen MR) is 102 cm³/mol. The average molecular weight is 371 g/mol. The smallest absolute Gasteiger partial charge is 0.254 e. The highest BCUT2D eigenvalue weighted by Crippen LogP contribution is 2.26. The fraction of sp³-hybridized carbons (Fsp3) is 0.650. The summed E-state index contributed by atoms with van der Waals surface area (Å²) in [4.78, 5) is 31.5. The third-order valence-electron chi connectivity index (χ3n) is 6.15. The van der Waals surface area contributed by atoms with Gasteiger partial charge in [0.1, 0.15) is 6.04 Å². The van der Waals surface area contributed by atoms with Gasteiger partial charge in [-0.2, -0.15) is 0 Å². The molecule has 3 aliphatic rings. The molecule has 1 aromatic rings. The van der Waals surface area contributed by atoms with Crippen molar-refractivity contribution in [3.8, 4) is 0 Å². The zero-order chi connectivity index (χ0) is 18.6. The van der Waals surface area contributed by atoms with Gasteiger partial charge in [0, 0.05) is 42.6 Å². The van der Waals surface area contributed by atoms with Crippen LogP contribution in [0.15, 0.2) is 24.5 Å². The molecule has 1 saturated carbocycles. The number of piperidine rings is 1. The minimum atomic E-state index is -0.226. The van der Waals surface area contributed by atoms with Crippen LogP contribution < -0.4 is 16.2 Å². The zero-order valence-electron chi connectivity index (χ0n) is 15.7. The fourth-order valence-electron chi connectivity index (χ4n) is 4.67. The molecule has 4 rings (SSSR count). The lowest BCUT2D eigenvalue weighted by Gasteiger charge is -2.39. The summed E-state index contributed by atoms with van der Waals surface area (Å²) in [5, 5.41) is 3.18. The van der Waals surface area contributed by atoms with Crippen LogP contribution in [-0.4, -0.2) is 52.4 Å². The van der Waals surface area contributed by atoms with Crippen molar-refractivity contribution < 1.29 is 9.59 Å². The Morgan fingerprint density at radius 2 is 1.78 bits per heavy atom. The van der Waals surface area contributed by atoms with Gasteiger partial charge in [0.2, 0.25) is 5.91 Å². The van der Waals surface area contributed by atoms with Crippen LogP contribution in [0.2, 0.25) is 0 Å². The van der Waals surface area contributed by atoms with Gasteiger partial charge in [0.05, 0.1) is 0 Å². The molecule has 7 heteroatoms. The molecule has 3 heterocycles. The molecule has 27 heavy (non-hydrogen) atoms. The van der Waals surface area contributed by atoms with E-state index in [2.05, 4.69) is 21.2 Å². The number of hydrogen-bond acceptors (Lipinski definition) is 5. The number of nitrogens with zero attached hydrogens (tertiary/aromatic N) is 2. The first-order valence-electron chi connectivity index (χ1n) is 10.2. The number of carbonyl (C=O) groups excluding carboxylic acids is 2. The number of hydrogen-bond donors (Lipinski definition) is 3. The first-order valence-corrected chi connectivity index (χ1v) is 10.2. The van der Waals surface area contributed by atoms with Gasteiger partial charge in [-0.15, -0.1) is 0 Å². The van der Waals surface area contributed by atoms with Crippen LogP contribution in [0, 0.1) is 0 Å². The van der Waals surface area contributed by atoms with Crippen molar-refractivity contribution in [3.63, 3.8) is 0 Å². The Morgan fingerprint density at radius 3 is 2.56 bits per heavy atom. The van der Waals surface area contributed by atoms with Gasteiger partial charge in [0.25, 0.3) is 5.91 Å². The molecule has 3 fully saturated rings. The largest absolute Gasteiger partial charge is 0.352 e. The molecule has 146 valence electrons. The zero-order valence-corrected chi connectivity index (χ0v) is 15.7. The van der Waals surface area contributed by atoms with Crippen molar-refractivity contribution in [3.05, 3.63) is 30.1 Å². The van der Waals surface area contributed by atoms with Gasteiger partial charge >= 0.3 is 0 Å². The monoisotopic (exact) mass is 371 g/mol. The molecule has 7 nitrogen and oxygen atoms in total. The van der Waals surface area contributed by atoms with E-state index in [0.717, 1.165) is 38.6 Å². The van der Waals surface area contributed by atoms with Crippen LogP contribution in [0.3, 0.4) is 0 Å². The topological polar surface area (TPSA) is 86.4 Å². The lowest BCUT2D eigenvalue weighted by atomic mass is 9.92. The Kier molecular flexibility index (Phi) is 5.69. The van der Waals surface area contributed by atoms with E-state index in [4.69, 9.17) is 0 Å². The second-order valence-corrected chi connectivity index (χ2v) is 7.97. The first kappa shape index (κ1) is 18.4. The summed E-state index contributed by atoms with van der Waals surface area (Å²) in [6, 6.07) is 3.85. The molecule has 3 N–H and O–H groups in total. The minimum absolute atomic E-state index is 0.0581. The molecule has 2 aliphatic heterocycles. The van der Waals surface area contributed by atoms with Crippen LogP contribution >= 0.6 is 0 Å². The Balaban J connectivity index is 1.39. The number of nitrogens with one attached hydrogen (secondary N) is 3. The van der Waals surface area contributed by atoms with E-state index in [1.54, 1.807) is 24.5 Å². The summed E-state index contributed by atoms with van der Waals surface area (Å²) in [6.45, 7) is 0.767. The highest BCUT2D eigenvalue weighted by molar-refractivity contribution is 5.94. The number of hydrazine groups is 1. The molecule has 3 atom stereocenters. The third kappa shape index (κ3) is 4.14. The van der Waals surface area contributed by atoms with E-state index < -0.39 is 0 Å². The van der Waals surface area contributed by atoms with E-state index in [0.29, 0.717) is 18.0 Å². The average Bonchev–Trinajstić information content (AvgIpc) is 3.40. The fourth-order valence-corrected chi connectivity index (χ4v) is 4.67. The van der Waals surface area contributed by atoms with Crippen molar-refractivity contribution in [2.24, 2.45) is 0 Å². The maximum absolute atomic E-state index is 13.0. The van der Waals surface area contributed by atoms with Gasteiger partial charge < -0.3 is 10.2 Å². The normalized spacial score (nSPS) is 29.0. The van der Waals surface area contributed by atoms with Gasteiger partial charge in [0.15, 0.2) is 0 Å². The maximum atomic E-state index is 13.0. The standard InChI is InChI=1S/C20H29N5O2/c26-19(22-15-5-1-2-6-15)17-13-16(23-24-17)18-7-3-4-12-25(18)20(27)14-8-10-21-11-9-14/h8-11,15-18,23-24H,1-7,12-13H2,(H,22,26).